The number of methoxy groups -OCH3 is 1. The number of benzene rings is 3. The van der Waals surface area contributed by atoms with E-state index in [1.807, 2.05) is 41.4 Å². The molecule has 3 aromatic carbocycles. The molecule has 0 spiro atoms. The van der Waals surface area contributed by atoms with Gasteiger partial charge in [-0.05, 0) is 70.0 Å². The molecule has 0 saturated carbocycles. The molecule has 0 radical (unpaired) electrons. The van der Waals surface area contributed by atoms with Crippen molar-refractivity contribution in [3.8, 4) is 11.5 Å². The number of hydrazone groups is 1. The van der Waals surface area contributed by atoms with E-state index < -0.39 is 6.23 Å². The molecular formula is C23H17Br2FN2O2. The summed E-state index contributed by atoms with van der Waals surface area (Å²) in [5.74, 6) is 1.26. The lowest BCUT2D eigenvalue weighted by Crippen LogP contribution is -2.34. The molecule has 0 saturated heterocycles. The Balaban J connectivity index is 1.61. The first-order valence-corrected chi connectivity index (χ1v) is 11.0. The van der Waals surface area contributed by atoms with E-state index in [2.05, 4.69) is 37.9 Å². The van der Waals surface area contributed by atoms with Crippen molar-refractivity contribution in [1.29, 1.82) is 0 Å². The highest BCUT2D eigenvalue weighted by molar-refractivity contribution is 9.11. The highest BCUT2D eigenvalue weighted by Gasteiger charge is 2.42. The van der Waals surface area contributed by atoms with Gasteiger partial charge in [0.05, 0.1) is 23.3 Å². The van der Waals surface area contributed by atoms with Gasteiger partial charge in [-0.25, -0.2) is 9.40 Å². The number of fused-ring (bicyclic) bond motifs is 3. The minimum atomic E-state index is -0.522. The maximum atomic E-state index is 14.0. The van der Waals surface area contributed by atoms with E-state index >= 15 is 0 Å². The standard InChI is InChI=1S/C23H17Br2FN2O2/c1-29-17-7-5-13(6-8-17)20-12-21-18-10-15(24)11-19(25)22(18)30-23(28(21)27-20)14-3-2-4-16(26)9-14/h2-11,21,23H,12H2,1H3/t21-,23+/m1/s1. The topological polar surface area (TPSA) is 34.1 Å². The summed E-state index contributed by atoms with van der Waals surface area (Å²) in [6.07, 6.45) is 0.198. The van der Waals surface area contributed by atoms with E-state index in [4.69, 9.17) is 14.6 Å². The van der Waals surface area contributed by atoms with Crippen LogP contribution in [0.3, 0.4) is 0 Å². The lowest BCUT2D eigenvalue weighted by molar-refractivity contribution is -0.0199. The molecular weight excluding hydrogens is 515 g/mol. The zero-order valence-corrected chi connectivity index (χ0v) is 19.2. The van der Waals surface area contributed by atoms with Gasteiger partial charge in [-0.15, -0.1) is 0 Å². The molecule has 0 N–H and O–H groups in total. The molecule has 0 fully saturated rings. The normalized spacial score (nSPS) is 19.6. The van der Waals surface area contributed by atoms with Crippen LogP contribution < -0.4 is 9.47 Å². The van der Waals surface area contributed by atoms with Crippen LogP contribution in [0, 0.1) is 5.82 Å². The Bertz CT molecular complexity index is 1150. The molecule has 0 unspecified atom stereocenters. The monoisotopic (exact) mass is 530 g/mol. The summed E-state index contributed by atoms with van der Waals surface area (Å²) in [7, 11) is 1.65. The van der Waals surface area contributed by atoms with E-state index in [1.54, 1.807) is 13.2 Å². The summed E-state index contributed by atoms with van der Waals surface area (Å²) in [6, 6.07) is 18.4. The predicted molar refractivity (Wildman–Crippen MR) is 120 cm³/mol. The summed E-state index contributed by atoms with van der Waals surface area (Å²) in [6.45, 7) is 0. The summed E-state index contributed by atoms with van der Waals surface area (Å²) < 4.78 is 27.4. The van der Waals surface area contributed by atoms with Crippen molar-refractivity contribution in [3.05, 3.63) is 92.1 Å². The van der Waals surface area contributed by atoms with Gasteiger partial charge in [0.15, 0.2) is 0 Å². The summed E-state index contributed by atoms with van der Waals surface area (Å²) in [5.41, 5.74) is 3.74. The molecule has 0 aliphatic carbocycles. The minimum Gasteiger partial charge on any atom is -0.497 e. The SMILES string of the molecule is COc1ccc(C2=NN3[C@H](C2)c2cc(Br)cc(Br)c2O[C@H]3c2cccc(F)c2)cc1. The highest BCUT2D eigenvalue weighted by Crippen LogP contribution is 2.50. The van der Waals surface area contributed by atoms with E-state index in [0.717, 1.165) is 49.3 Å². The molecule has 2 aliphatic rings. The molecule has 0 amide bonds. The molecule has 2 aliphatic heterocycles. The number of nitrogens with zero attached hydrogens (tertiary/aromatic N) is 2. The van der Waals surface area contributed by atoms with Crippen LogP contribution in [0.2, 0.25) is 0 Å². The molecule has 4 nitrogen and oxygen atoms in total. The van der Waals surface area contributed by atoms with Crippen molar-refractivity contribution in [2.75, 3.05) is 7.11 Å². The van der Waals surface area contributed by atoms with Gasteiger partial charge in [0, 0.05) is 22.0 Å². The van der Waals surface area contributed by atoms with Crippen molar-refractivity contribution in [2.24, 2.45) is 5.10 Å². The second kappa shape index (κ2) is 7.71. The third-order valence-electron chi connectivity index (χ3n) is 5.37. The Labute approximate surface area is 190 Å². The highest BCUT2D eigenvalue weighted by atomic mass is 79.9. The Morgan fingerprint density at radius 3 is 2.63 bits per heavy atom. The molecule has 5 rings (SSSR count). The number of ether oxygens (including phenoxy) is 2. The van der Waals surface area contributed by atoms with Gasteiger partial charge in [0.2, 0.25) is 6.23 Å². The van der Waals surface area contributed by atoms with Gasteiger partial charge in [0.25, 0.3) is 0 Å². The zero-order chi connectivity index (χ0) is 20.8. The smallest absolute Gasteiger partial charge is 0.214 e. The fraction of sp³-hybridized carbons (Fsp3) is 0.174. The van der Waals surface area contributed by atoms with Crippen LogP contribution >= 0.6 is 31.9 Å². The van der Waals surface area contributed by atoms with Crippen molar-refractivity contribution in [2.45, 2.75) is 18.7 Å². The van der Waals surface area contributed by atoms with Gasteiger partial charge >= 0.3 is 0 Å². The fourth-order valence-electron chi connectivity index (χ4n) is 3.95. The summed E-state index contributed by atoms with van der Waals surface area (Å²) in [4.78, 5) is 0. The lowest BCUT2D eigenvalue weighted by atomic mass is 9.96. The van der Waals surface area contributed by atoms with Crippen molar-refractivity contribution in [3.63, 3.8) is 0 Å². The maximum absolute atomic E-state index is 14.0. The first-order valence-electron chi connectivity index (χ1n) is 9.45. The van der Waals surface area contributed by atoms with Crippen LogP contribution in [0.5, 0.6) is 11.5 Å². The van der Waals surface area contributed by atoms with Crippen LogP contribution in [0.25, 0.3) is 0 Å². The van der Waals surface area contributed by atoms with Gasteiger partial charge in [-0.1, -0.05) is 28.1 Å². The van der Waals surface area contributed by atoms with Crippen LogP contribution in [-0.2, 0) is 0 Å². The second-order valence-electron chi connectivity index (χ2n) is 7.21. The van der Waals surface area contributed by atoms with E-state index in [9.17, 15) is 4.39 Å². The molecule has 2 heterocycles. The van der Waals surface area contributed by atoms with Gasteiger partial charge in [0.1, 0.15) is 17.3 Å². The van der Waals surface area contributed by atoms with Crippen LogP contribution in [0.4, 0.5) is 4.39 Å². The second-order valence-corrected chi connectivity index (χ2v) is 8.98. The van der Waals surface area contributed by atoms with E-state index in [0.29, 0.717) is 0 Å². The number of halogens is 3. The molecule has 3 aromatic rings. The largest absolute Gasteiger partial charge is 0.497 e. The van der Waals surface area contributed by atoms with E-state index in [-0.39, 0.29) is 11.9 Å². The average Bonchev–Trinajstić information content (AvgIpc) is 3.19. The van der Waals surface area contributed by atoms with Gasteiger partial charge in [-0.2, -0.15) is 5.10 Å². The number of hydrogen-bond acceptors (Lipinski definition) is 4. The van der Waals surface area contributed by atoms with Crippen molar-refractivity contribution < 1.29 is 13.9 Å². The fourth-order valence-corrected chi connectivity index (χ4v) is 5.30. The molecule has 152 valence electrons. The molecule has 0 aromatic heterocycles. The Kier molecular flexibility index (Phi) is 5.03. The predicted octanol–water partition coefficient (Wildman–Crippen LogP) is 6.60. The minimum absolute atomic E-state index is 0.0204. The molecule has 7 heteroatoms. The molecule has 0 bridgehead atoms. The third kappa shape index (κ3) is 3.40. The number of hydrogen-bond donors (Lipinski definition) is 0. The first-order chi connectivity index (χ1) is 14.5. The average molecular weight is 532 g/mol. The molecule has 2 atom stereocenters. The zero-order valence-electron chi connectivity index (χ0n) is 16.0. The maximum Gasteiger partial charge on any atom is 0.214 e. The van der Waals surface area contributed by atoms with Gasteiger partial charge < -0.3 is 9.47 Å². The Hall–Kier alpha value is -2.38. The first kappa shape index (κ1) is 19.6. The van der Waals surface area contributed by atoms with Crippen molar-refractivity contribution in [1.82, 2.24) is 5.01 Å². The van der Waals surface area contributed by atoms with Crippen LogP contribution in [0.15, 0.2) is 74.7 Å². The van der Waals surface area contributed by atoms with Gasteiger partial charge in [-0.3, -0.25) is 0 Å². The quantitative estimate of drug-likeness (QED) is 0.381. The van der Waals surface area contributed by atoms with Crippen LogP contribution in [0.1, 0.15) is 35.4 Å². The Morgan fingerprint density at radius 1 is 1.10 bits per heavy atom. The van der Waals surface area contributed by atoms with E-state index in [1.165, 1.54) is 12.1 Å². The number of rotatable bonds is 3. The van der Waals surface area contributed by atoms with Crippen LogP contribution in [-0.4, -0.2) is 17.8 Å². The lowest BCUT2D eigenvalue weighted by Gasteiger charge is -2.38. The summed E-state index contributed by atoms with van der Waals surface area (Å²) >= 11 is 7.20. The Morgan fingerprint density at radius 2 is 1.90 bits per heavy atom. The summed E-state index contributed by atoms with van der Waals surface area (Å²) in [5, 5.41) is 6.85. The molecule has 30 heavy (non-hydrogen) atoms. The third-order valence-corrected chi connectivity index (χ3v) is 6.41. The van der Waals surface area contributed by atoms with Crippen molar-refractivity contribution >= 4 is 37.6 Å².